The highest BCUT2D eigenvalue weighted by molar-refractivity contribution is 5.77. The van der Waals surface area contributed by atoms with Gasteiger partial charge in [-0.1, -0.05) is 0 Å². The van der Waals surface area contributed by atoms with Gasteiger partial charge in [0, 0.05) is 36.6 Å². The number of aromatic nitrogens is 4. The number of nitrogens with zero attached hydrogens (tertiary/aromatic N) is 4. The number of rotatable bonds is 4. The van der Waals surface area contributed by atoms with Gasteiger partial charge in [-0.25, -0.2) is 9.37 Å². The molecule has 0 unspecified atom stereocenters. The van der Waals surface area contributed by atoms with Crippen LogP contribution in [0.5, 0.6) is 5.75 Å². The molecule has 3 aromatic rings. The zero-order valence-electron chi connectivity index (χ0n) is 18.4. The van der Waals surface area contributed by atoms with Crippen LogP contribution in [0.25, 0.3) is 11.2 Å². The van der Waals surface area contributed by atoms with Crippen LogP contribution in [0.15, 0.2) is 30.7 Å². The van der Waals surface area contributed by atoms with Crippen molar-refractivity contribution in [1.82, 2.24) is 19.6 Å². The fourth-order valence-electron chi connectivity index (χ4n) is 4.98. The van der Waals surface area contributed by atoms with E-state index in [0.717, 1.165) is 52.3 Å². The van der Waals surface area contributed by atoms with E-state index >= 15 is 0 Å². The van der Waals surface area contributed by atoms with E-state index in [1.54, 1.807) is 12.4 Å². The quantitative estimate of drug-likeness (QED) is 0.626. The molecule has 31 heavy (non-hydrogen) atoms. The van der Waals surface area contributed by atoms with Gasteiger partial charge in [0.1, 0.15) is 23.7 Å². The summed E-state index contributed by atoms with van der Waals surface area (Å²) in [6, 6.07) is 3.21. The average molecular weight is 423 g/mol. The summed E-state index contributed by atoms with van der Waals surface area (Å²) >= 11 is 0. The fourth-order valence-corrected chi connectivity index (χ4v) is 4.98. The van der Waals surface area contributed by atoms with Gasteiger partial charge in [-0.15, -0.1) is 10.2 Å². The van der Waals surface area contributed by atoms with Crippen LogP contribution in [-0.4, -0.2) is 37.4 Å². The number of benzene rings is 1. The second kappa shape index (κ2) is 7.12. The molecular weight excluding hydrogens is 395 g/mol. The molecule has 0 saturated heterocycles. The number of hydrogen-bond donors (Lipinski definition) is 0. The third-order valence-corrected chi connectivity index (χ3v) is 5.97. The van der Waals surface area contributed by atoms with Gasteiger partial charge in [0.25, 0.3) is 0 Å². The lowest BCUT2D eigenvalue weighted by Crippen LogP contribution is -2.39. The molecule has 5 rings (SSSR count). The Labute approximate surface area is 181 Å². The molecule has 0 bridgehead atoms. The minimum absolute atomic E-state index is 0.183. The van der Waals surface area contributed by atoms with Gasteiger partial charge in [-0.05, 0) is 63.5 Å². The second-order valence-electron chi connectivity index (χ2n) is 9.53. The minimum atomic E-state index is -0.375. The van der Waals surface area contributed by atoms with Gasteiger partial charge in [0.15, 0.2) is 5.65 Å². The van der Waals surface area contributed by atoms with Crippen LogP contribution in [0.4, 0.5) is 4.39 Å². The maximum atomic E-state index is 14.5. The lowest BCUT2D eigenvalue weighted by molar-refractivity contribution is -0.100. The van der Waals surface area contributed by atoms with Crippen molar-refractivity contribution in [1.29, 1.82) is 0 Å². The van der Waals surface area contributed by atoms with Crippen LogP contribution in [0.3, 0.4) is 0 Å². The summed E-state index contributed by atoms with van der Waals surface area (Å²) in [4.78, 5) is 4.74. The first-order valence-electron chi connectivity index (χ1n) is 10.8. The van der Waals surface area contributed by atoms with E-state index in [1.807, 2.05) is 10.6 Å². The Kier molecular flexibility index (Phi) is 4.62. The Morgan fingerprint density at radius 1 is 1.16 bits per heavy atom. The van der Waals surface area contributed by atoms with Gasteiger partial charge in [-0.2, -0.15) is 0 Å². The Hall–Kier alpha value is -2.80. The van der Waals surface area contributed by atoms with Gasteiger partial charge >= 0.3 is 0 Å². The highest BCUT2D eigenvalue weighted by Gasteiger charge is 2.35. The lowest BCUT2D eigenvalue weighted by atomic mass is 9.86. The van der Waals surface area contributed by atoms with E-state index in [2.05, 4.69) is 44.0 Å². The van der Waals surface area contributed by atoms with Crippen LogP contribution >= 0.6 is 0 Å². The summed E-state index contributed by atoms with van der Waals surface area (Å²) in [5.74, 6) is 1.43. The Bertz CT molecular complexity index is 1200. The highest BCUT2D eigenvalue weighted by atomic mass is 19.1. The SMILES string of the molecule is CC1(C)C=C(c2cnc(CCc3c(F)ccc4c3CCO4)n3cnnc23)CC(C)(C)O1. The van der Waals surface area contributed by atoms with Gasteiger partial charge in [0.05, 0.1) is 17.8 Å². The predicted molar refractivity (Wildman–Crippen MR) is 116 cm³/mol. The number of aryl methyl sites for hydroxylation is 1. The van der Waals surface area contributed by atoms with Crippen LogP contribution < -0.4 is 4.74 Å². The zero-order valence-corrected chi connectivity index (χ0v) is 18.4. The molecule has 0 fully saturated rings. The first-order chi connectivity index (χ1) is 14.7. The molecule has 7 heteroatoms. The molecule has 1 aromatic carbocycles. The molecule has 0 saturated carbocycles. The summed E-state index contributed by atoms with van der Waals surface area (Å²) in [6.07, 6.45) is 8.35. The van der Waals surface area contributed by atoms with E-state index in [9.17, 15) is 4.39 Å². The van der Waals surface area contributed by atoms with Crippen molar-refractivity contribution in [3.05, 3.63) is 59.1 Å². The van der Waals surface area contributed by atoms with Crippen molar-refractivity contribution >= 4 is 11.2 Å². The maximum Gasteiger partial charge on any atom is 0.171 e. The zero-order chi connectivity index (χ0) is 21.8. The first kappa shape index (κ1) is 20.1. The summed E-state index contributed by atoms with van der Waals surface area (Å²) < 4.78 is 28.2. The molecule has 2 aliphatic rings. The average Bonchev–Trinajstić information content (AvgIpc) is 3.34. The molecule has 2 aromatic heterocycles. The fraction of sp³-hybridized carbons (Fsp3) is 0.458. The summed E-state index contributed by atoms with van der Waals surface area (Å²) in [5.41, 5.74) is 3.93. The number of hydrogen-bond acceptors (Lipinski definition) is 5. The maximum absolute atomic E-state index is 14.5. The van der Waals surface area contributed by atoms with Crippen molar-refractivity contribution in [3.8, 4) is 5.75 Å². The molecule has 162 valence electrons. The molecule has 0 N–H and O–H groups in total. The Balaban J connectivity index is 1.48. The molecule has 0 spiro atoms. The van der Waals surface area contributed by atoms with Crippen LogP contribution in [0.1, 0.15) is 56.6 Å². The van der Waals surface area contributed by atoms with Crippen molar-refractivity contribution in [3.63, 3.8) is 0 Å². The van der Waals surface area contributed by atoms with Crippen molar-refractivity contribution in [2.24, 2.45) is 0 Å². The standard InChI is InChI=1S/C24H27FN4O2/c1-23(2)11-15(12-24(3,4)31-23)18-13-26-21(29-14-27-28-22(18)29)8-5-16-17-9-10-30-20(17)7-6-19(16)25/h6-7,11,13-14H,5,8-10,12H2,1-4H3. The normalized spacial score (nSPS) is 19.2. The number of ether oxygens (including phenoxy) is 2. The molecule has 0 amide bonds. The topological polar surface area (TPSA) is 61.5 Å². The van der Waals surface area contributed by atoms with E-state index < -0.39 is 0 Å². The first-order valence-corrected chi connectivity index (χ1v) is 10.8. The van der Waals surface area contributed by atoms with E-state index in [1.165, 1.54) is 6.07 Å². The summed E-state index contributed by atoms with van der Waals surface area (Å²) in [7, 11) is 0. The second-order valence-corrected chi connectivity index (χ2v) is 9.53. The van der Waals surface area contributed by atoms with Crippen LogP contribution in [-0.2, 0) is 24.0 Å². The third kappa shape index (κ3) is 3.71. The molecule has 0 atom stereocenters. The highest BCUT2D eigenvalue weighted by Crippen LogP contribution is 2.39. The van der Waals surface area contributed by atoms with Gasteiger partial charge < -0.3 is 9.47 Å². The molecule has 4 heterocycles. The lowest BCUT2D eigenvalue weighted by Gasteiger charge is -2.40. The summed E-state index contributed by atoms with van der Waals surface area (Å²) in [5, 5.41) is 8.52. The number of fused-ring (bicyclic) bond motifs is 2. The smallest absolute Gasteiger partial charge is 0.171 e. The van der Waals surface area contributed by atoms with Crippen molar-refractivity contribution in [2.45, 2.75) is 64.6 Å². The third-order valence-electron chi connectivity index (χ3n) is 5.97. The van der Waals surface area contributed by atoms with Crippen LogP contribution in [0, 0.1) is 5.82 Å². The van der Waals surface area contributed by atoms with Crippen LogP contribution in [0.2, 0.25) is 0 Å². The van der Waals surface area contributed by atoms with E-state index in [-0.39, 0.29) is 17.0 Å². The predicted octanol–water partition coefficient (Wildman–Crippen LogP) is 4.34. The molecule has 2 aliphatic heterocycles. The van der Waals surface area contributed by atoms with Gasteiger partial charge in [-0.3, -0.25) is 4.40 Å². The summed E-state index contributed by atoms with van der Waals surface area (Å²) in [6.45, 7) is 8.93. The molecular formula is C24H27FN4O2. The van der Waals surface area contributed by atoms with E-state index in [0.29, 0.717) is 19.4 Å². The van der Waals surface area contributed by atoms with Crippen molar-refractivity contribution < 1.29 is 13.9 Å². The molecule has 6 nitrogen and oxygen atoms in total. The largest absolute Gasteiger partial charge is 0.493 e. The van der Waals surface area contributed by atoms with Gasteiger partial charge in [0.2, 0.25) is 0 Å². The minimum Gasteiger partial charge on any atom is -0.493 e. The Morgan fingerprint density at radius 2 is 2.00 bits per heavy atom. The molecule has 0 radical (unpaired) electrons. The molecule has 0 aliphatic carbocycles. The monoisotopic (exact) mass is 422 g/mol. The Morgan fingerprint density at radius 3 is 2.81 bits per heavy atom. The number of halogens is 1. The van der Waals surface area contributed by atoms with E-state index in [4.69, 9.17) is 14.5 Å². The van der Waals surface area contributed by atoms with Crippen molar-refractivity contribution in [2.75, 3.05) is 6.61 Å².